The van der Waals surface area contributed by atoms with Gasteiger partial charge in [0.2, 0.25) is 10.0 Å². The summed E-state index contributed by atoms with van der Waals surface area (Å²) in [5, 5.41) is 4.30. The summed E-state index contributed by atoms with van der Waals surface area (Å²) in [5.41, 5.74) is 2.22. The van der Waals surface area contributed by atoms with Crippen LogP contribution in [0.15, 0.2) is 47.6 Å². The Balaban J connectivity index is 1.33. The lowest BCUT2D eigenvalue weighted by Gasteiger charge is -2.31. The number of halogens is 2. The first-order valence-corrected chi connectivity index (χ1v) is 12.6. The Morgan fingerprint density at radius 3 is 2.47 bits per heavy atom. The Bertz CT molecular complexity index is 1330. The highest BCUT2D eigenvalue weighted by atomic mass is 32.2. The predicted octanol–water partition coefficient (Wildman–Crippen LogP) is 2.65. The molecule has 11 heteroatoms. The Labute approximate surface area is 195 Å². The van der Waals surface area contributed by atoms with Crippen LogP contribution >= 0.6 is 0 Å². The van der Waals surface area contributed by atoms with Crippen molar-refractivity contribution in [1.82, 2.24) is 18.8 Å². The summed E-state index contributed by atoms with van der Waals surface area (Å²) in [5.74, 6) is -1.92. The number of rotatable bonds is 4. The zero-order valence-electron chi connectivity index (χ0n) is 18.4. The number of carbonyl (C=O) groups excluding carboxylic acids is 1. The molecule has 8 nitrogen and oxygen atoms in total. The van der Waals surface area contributed by atoms with E-state index < -0.39 is 26.6 Å². The summed E-state index contributed by atoms with van der Waals surface area (Å²) in [7, 11) is -4.05. The third-order valence-electron chi connectivity index (χ3n) is 6.51. The fourth-order valence-corrected chi connectivity index (χ4v) is 6.12. The van der Waals surface area contributed by atoms with E-state index in [1.807, 2.05) is 12.1 Å². The maximum absolute atomic E-state index is 14.1. The number of hydrogen-bond acceptors (Lipinski definition) is 5. The molecular weight excluding hydrogens is 466 g/mol. The largest absolute Gasteiger partial charge is 0.378 e. The van der Waals surface area contributed by atoms with Crippen molar-refractivity contribution in [3.8, 4) is 0 Å². The highest BCUT2D eigenvalue weighted by molar-refractivity contribution is 7.89. The Morgan fingerprint density at radius 2 is 1.76 bits per heavy atom. The number of morpholine rings is 1. The first-order valence-electron chi connectivity index (χ1n) is 11.1. The molecule has 2 aromatic heterocycles. The summed E-state index contributed by atoms with van der Waals surface area (Å²) >= 11 is 0. The fourth-order valence-electron chi connectivity index (χ4n) is 4.61. The van der Waals surface area contributed by atoms with Crippen molar-refractivity contribution in [2.45, 2.75) is 23.7 Å². The highest BCUT2D eigenvalue weighted by Crippen LogP contribution is 2.32. The van der Waals surface area contributed by atoms with Crippen molar-refractivity contribution in [3.05, 3.63) is 65.5 Å². The molecule has 2 aliphatic heterocycles. The average Bonchev–Trinajstić information content (AvgIpc) is 3.27. The quantitative estimate of drug-likeness (QED) is 0.562. The summed E-state index contributed by atoms with van der Waals surface area (Å²) < 4.78 is 61.3. The standard InChI is InChI=1S/C23H24F2N4O4S/c24-18-1-2-22(20(25)14-18)34(31,32)28-6-3-16(4-7-28)17-5-8-29-21(13-17)19(15-26-29)23(30)27-9-11-33-12-10-27/h1-2,5,8,13-16H,3-4,6-7,9-12H2. The van der Waals surface area contributed by atoms with Gasteiger partial charge in [0, 0.05) is 38.4 Å². The molecule has 0 radical (unpaired) electrons. The molecule has 0 saturated carbocycles. The van der Waals surface area contributed by atoms with Crippen LogP contribution in [-0.4, -0.2) is 72.5 Å². The molecular formula is C23H24F2N4O4S. The zero-order chi connectivity index (χ0) is 23.9. The van der Waals surface area contributed by atoms with E-state index in [0.717, 1.165) is 17.7 Å². The number of sulfonamides is 1. The van der Waals surface area contributed by atoms with Gasteiger partial charge in [-0.1, -0.05) is 0 Å². The summed E-state index contributed by atoms with van der Waals surface area (Å²) in [6.45, 7) is 2.54. The molecule has 2 aliphatic rings. The molecule has 0 aliphatic carbocycles. The lowest BCUT2D eigenvalue weighted by Crippen LogP contribution is -2.40. The molecule has 5 rings (SSSR count). The molecule has 0 unspecified atom stereocenters. The van der Waals surface area contributed by atoms with E-state index in [1.54, 1.807) is 21.8 Å². The third kappa shape index (κ3) is 4.19. The molecule has 180 valence electrons. The Kier molecular flexibility index (Phi) is 6.09. The summed E-state index contributed by atoms with van der Waals surface area (Å²) in [4.78, 5) is 14.2. The van der Waals surface area contributed by atoms with Crippen molar-refractivity contribution in [2.24, 2.45) is 0 Å². The van der Waals surface area contributed by atoms with Gasteiger partial charge < -0.3 is 9.64 Å². The summed E-state index contributed by atoms with van der Waals surface area (Å²) in [6, 6.07) is 6.36. The minimum Gasteiger partial charge on any atom is -0.378 e. The van der Waals surface area contributed by atoms with Crippen molar-refractivity contribution in [1.29, 1.82) is 0 Å². The van der Waals surface area contributed by atoms with Crippen LogP contribution in [-0.2, 0) is 14.8 Å². The van der Waals surface area contributed by atoms with Gasteiger partial charge in [0.1, 0.15) is 16.5 Å². The molecule has 34 heavy (non-hydrogen) atoms. The molecule has 4 heterocycles. The van der Waals surface area contributed by atoms with Crippen LogP contribution in [0, 0.1) is 11.6 Å². The second kappa shape index (κ2) is 9.05. The Morgan fingerprint density at radius 1 is 1.03 bits per heavy atom. The topological polar surface area (TPSA) is 84.2 Å². The predicted molar refractivity (Wildman–Crippen MR) is 119 cm³/mol. The number of piperidine rings is 1. The van der Waals surface area contributed by atoms with E-state index in [0.29, 0.717) is 56.3 Å². The monoisotopic (exact) mass is 490 g/mol. The summed E-state index contributed by atoms with van der Waals surface area (Å²) in [6.07, 6.45) is 4.46. The average molecular weight is 491 g/mol. The van der Waals surface area contributed by atoms with Crippen LogP contribution in [0.25, 0.3) is 5.52 Å². The number of pyridine rings is 1. The number of aromatic nitrogens is 2. The maximum Gasteiger partial charge on any atom is 0.257 e. The van der Waals surface area contributed by atoms with Gasteiger partial charge in [-0.25, -0.2) is 21.7 Å². The smallest absolute Gasteiger partial charge is 0.257 e. The van der Waals surface area contributed by atoms with E-state index in [1.165, 1.54) is 4.31 Å². The number of ether oxygens (including phenoxy) is 1. The van der Waals surface area contributed by atoms with E-state index in [2.05, 4.69) is 5.10 Å². The molecule has 2 fully saturated rings. The van der Waals surface area contributed by atoms with Crippen LogP contribution in [0.5, 0.6) is 0 Å². The molecule has 0 bridgehead atoms. The molecule has 2 saturated heterocycles. The fraction of sp³-hybridized carbons (Fsp3) is 0.391. The molecule has 0 atom stereocenters. The molecule has 1 amide bonds. The number of fused-ring (bicyclic) bond motifs is 1. The zero-order valence-corrected chi connectivity index (χ0v) is 19.2. The van der Waals surface area contributed by atoms with Gasteiger partial charge in [0.15, 0.2) is 0 Å². The van der Waals surface area contributed by atoms with Gasteiger partial charge in [-0.2, -0.15) is 9.40 Å². The van der Waals surface area contributed by atoms with E-state index in [9.17, 15) is 22.0 Å². The second-order valence-electron chi connectivity index (χ2n) is 8.51. The maximum atomic E-state index is 14.1. The molecule has 1 aromatic carbocycles. The number of carbonyl (C=O) groups is 1. The second-order valence-corrected chi connectivity index (χ2v) is 10.4. The minimum atomic E-state index is -4.05. The molecule has 0 spiro atoms. The lowest BCUT2D eigenvalue weighted by molar-refractivity contribution is 0.0304. The lowest BCUT2D eigenvalue weighted by atomic mass is 9.90. The van der Waals surface area contributed by atoms with Crippen LogP contribution in [0.1, 0.15) is 34.7 Å². The van der Waals surface area contributed by atoms with Crippen LogP contribution in [0.3, 0.4) is 0 Å². The molecule has 3 aromatic rings. The normalized spacial score (nSPS) is 18.5. The number of benzene rings is 1. The van der Waals surface area contributed by atoms with Crippen LogP contribution < -0.4 is 0 Å². The van der Waals surface area contributed by atoms with Gasteiger partial charge in [-0.3, -0.25) is 4.79 Å². The van der Waals surface area contributed by atoms with Crippen LogP contribution in [0.4, 0.5) is 8.78 Å². The van der Waals surface area contributed by atoms with Gasteiger partial charge in [-0.05, 0) is 48.6 Å². The van der Waals surface area contributed by atoms with Crippen molar-refractivity contribution in [2.75, 3.05) is 39.4 Å². The van der Waals surface area contributed by atoms with Gasteiger partial charge in [0.05, 0.1) is 30.5 Å². The van der Waals surface area contributed by atoms with Gasteiger partial charge >= 0.3 is 0 Å². The third-order valence-corrected chi connectivity index (χ3v) is 8.44. The number of nitrogens with zero attached hydrogens (tertiary/aromatic N) is 4. The highest BCUT2D eigenvalue weighted by Gasteiger charge is 2.32. The van der Waals surface area contributed by atoms with Crippen molar-refractivity contribution in [3.63, 3.8) is 0 Å². The van der Waals surface area contributed by atoms with Crippen molar-refractivity contribution < 1.29 is 26.7 Å². The number of hydrogen-bond donors (Lipinski definition) is 0. The number of amides is 1. The SMILES string of the molecule is O=C(c1cnn2ccc(C3CCN(S(=O)(=O)c4ccc(F)cc4F)CC3)cc12)N1CCOCC1. The van der Waals surface area contributed by atoms with E-state index >= 15 is 0 Å². The van der Waals surface area contributed by atoms with Crippen LogP contribution in [0.2, 0.25) is 0 Å². The molecule has 0 N–H and O–H groups in total. The van der Waals surface area contributed by atoms with Gasteiger partial charge in [0.25, 0.3) is 5.91 Å². The van der Waals surface area contributed by atoms with E-state index in [-0.39, 0.29) is 24.9 Å². The first-order chi connectivity index (χ1) is 16.3. The Hall–Kier alpha value is -2.89. The van der Waals surface area contributed by atoms with Crippen molar-refractivity contribution >= 4 is 21.4 Å². The first kappa shape index (κ1) is 22.9. The minimum absolute atomic E-state index is 0.0794. The van der Waals surface area contributed by atoms with E-state index in [4.69, 9.17) is 4.74 Å². The van der Waals surface area contributed by atoms with Gasteiger partial charge in [-0.15, -0.1) is 0 Å².